The van der Waals surface area contributed by atoms with Gasteiger partial charge in [0, 0.05) is 10.5 Å². The Kier molecular flexibility index (Phi) is 4.06. The quantitative estimate of drug-likeness (QED) is 0.793. The number of esters is 1. The number of carbonyl (C=O) groups is 3. The Labute approximate surface area is 113 Å². The molecule has 0 atom stereocenters. The summed E-state index contributed by atoms with van der Waals surface area (Å²) in [5, 5.41) is 5.13. The first-order valence-corrected chi connectivity index (χ1v) is 6.50. The third-order valence-corrected chi connectivity index (χ3v) is 3.57. The van der Waals surface area contributed by atoms with Crippen LogP contribution in [0.3, 0.4) is 0 Å². The highest BCUT2D eigenvalue weighted by Crippen LogP contribution is 2.31. The molecule has 100 valence electrons. The van der Waals surface area contributed by atoms with E-state index >= 15 is 0 Å². The number of ether oxygens (including phenoxy) is 1. The normalized spacial score (nSPS) is 13.2. The lowest BCUT2D eigenvalue weighted by Gasteiger charge is -2.16. The van der Waals surface area contributed by atoms with E-state index in [1.54, 1.807) is 18.2 Å². The zero-order chi connectivity index (χ0) is 13.8. The lowest BCUT2D eigenvalue weighted by molar-refractivity contribution is -0.139. The molecule has 1 aromatic carbocycles. The van der Waals surface area contributed by atoms with E-state index in [9.17, 15) is 14.4 Å². The average Bonchev–Trinajstić information content (AvgIpc) is 2.43. The SMILES string of the molecule is COC(=O)CNC(=O)c1ccc2c(c1)NC(=O)CS2. The van der Waals surface area contributed by atoms with Gasteiger partial charge < -0.3 is 15.4 Å². The molecule has 0 aromatic heterocycles. The van der Waals surface area contributed by atoms with Crippen LogP contribution in [-0.4, -0.2) is 37.2 Å². The first-order chi connectivity index (χ1) is 9.10. The fraction of sp³-hybridized carbons (Fsp3) is 0.250. The number of thioether (sulfide) groups is 1. The molecule has 0 saturated carbocycles. The minimum atomic E-state index is -0.518. The molecule has 2 N–H and O–H groups in total. The molecular weight excluding hydrogens is 268 g/mol. The first kappa shape index (κ1) is 13.4. The van der Waals surface area contributed by atoms with Gasteiger partial charge in [-0.2, -0.15) is 0 Å². The van der Waals surface area contributed by atoms with Gasteiger partial charge in [0.2, 0.25) is 5.91 Å². The molecule has 2 amide bonds. The molecule has 19 heavy (non-hydrogen) atoms. The van der Waals surface area contributed by atoms with E-state index < -0.39 is 11.9 Å². The van der Waals surface area contributed by atoms with Crippen LogP contribution in [0.2, 0.25) is 0 Å². The van der Waals surface area contributed by atoms with Gasteiger partial charge in [-0.3, -0.25) is 14.4 Å². The summed E-state index contributed by atoms with van der Waals surface area (Å²) in [5.41, 5.74) is 0.998. The number of anilines is 1. The van der Waals surface area contributed by atoms with Crippen molar-refractivity contribution < 1.29 is 19.1 Å². The van der Waals surface area contributed by atoms with Crippen LogP contribution in [0.5, 0.6) is 0 Å². The first-order valence-electron chi connectivity index (χ1n) is 5.52. The molecule has 1 aliphatic heterocycles. The van der Waals surface area contributed by atoms with Gasteiger partial charge in [-0.15, -0.1) is 11.8 Å². The van der Waals surface area contributed by atoms with Crippen LogP contribution in [0.15, 0.2) is 23.1 Å². The van der Waals surface area contributed by atoms with E-state index in [4.69, 9.17) is 0 Å². The highest BCUT2D eigenvalue weighted by molar-refractivity contribution is 8.00. The summed E-state index contributed by atoms with van der Waals surface area (Å²) in [6, 6.07) is 5.01. The van der Waals surface area contributed by atoms with Crippen LogP contribution in [0.1, 0.15) is 10.4 Å². The largest absolute Gasteiger partial charge is 0.468 e. The highest BCUT2D eigenvalue weighted by Gasteiger charge is 2.17. The number of carbonyl (C=O) groups excluding carboxylic acids is 3. The van der Waals surface area contributed by atoms with E-state index in [0.29, 0.717) is 17.0 Å². The van der Waals surface area contributed by atoms with Crippen molar-refractivity contribution in [2.45, 2.75) is 4.90 Å². The fourth-order valence-electron chi connectivity index (χ4n) is 1.55. The smallest absolute Gasteiger partial charge is 0.325 e. The summed E-state index contributed by atoms with van der Waals surface area (Å²) >= 11 is 1.42. The molecule has 1 heterocycles. The Balaban J connectivity index is 2.09. The minimum absolute atomic E-state index is 0.0929. The maximum Gasteiger partial charge on any atom is 0.325 e. The van der Waals surface area contributed by atoms with Crippen LogP contribution < -0.4 is 10.6 Å². The second-order valence-electron chi connectivity index (χ2n) is 3.81. The van der Waals surface area contributed by atoms with Crippen molar-refractivity contribution in [3.05, 3.63) is 23.8 Å². The van der Waals surface area contributed by atoms with Gasteiger partial charge in [-0.25, -0.2) is 0 Å². The van der Waals surface area contributed by atoms with E-state index in [1.807, 2.05) is 0 Å². The third-order valence-electron chi connectivity index (χ3n) is 2.50. The average molecular weight is 280 g/mol. The molecule has 0 bridgehead atoms. The molecule has 1 aliphatic rings. The second kappa shape index (κ2) is 5.75. The molecule has 6 nitrogen and oxygen atoms in total. The maximum absolute atomic E-state index is 11.8. The number of nitrogens with one attached hydrogen (secondary N) is 2. The van der Waals surface area contributed by atoms with Crippen molar-refractivity contribution in [2.24, 2.45) is 0 Å². The van der Waals surface area contributed by atoms with Crippen molar-refractivity contribution >= 4 is 35.2 Å². The van der Waals surface area contributed by atoms with Crippen molar-refractivity contribution in [1.29, 1.82) is 0 Å². The minimum Gasteiger partial charge on any atom is -0.468 e. The molecule has 0 spiro atoms. The highest BCUT2D eigenvalue weighted by atomic mass is 32.2. The summed E-state index contributed by atoms with van der Waals surface area (Å²) < 4.78 is 4.43. The van der Waals surface area contributed by atoms with Gasteiger partial charge in [0.15, 0.2) is 0 Å². The van der Waals surface area contributed by atoms with Gasteiger partial charge in [0.25, 0.3) is 5.91 Å². The van der Waals surface area contributed by atoms with Crippen LogP contribution in [-0.2, 0) is 14.3 Å². The Morgan fingerprint density at radius 1 is 1.47 bits per heavy atom. The predicted molar refractivity (Wildman–Crippen MR) is 70.1 cm³/mol. The molecule has 1 aromatic rings. The van der Waals surface area contributed by atoms with E-state index in [1.165, 1.54) is 18.9 Å². The van der Waals surface area contributed by atoms with E-state index in [2.05, 4.69) is 15.4 Å². The van der Waals surface area contributed by atoms with Crippen LogP contribution in [0.4, 0.5) is 5.69 Å². The van der Waals surface area contributed by atoms with Crippen molar-refractivity contribution in [1.82, 2.24) is 5.32 Å². The number of fused-ring (bicyclic) bond motifs is 1. The van der Waals surface area contributed by atoms with E-state index in [-0.39, 0.29) is 12.5 Å². The van der Waals surface area contributed by atoms with Crippen molar-refractivity contribution in [3.63, 3.8) is 0 Å². The molecule has 0 unspecified atom stereocenters. The van der Waals surface area contributed by atoms with Gasteiger partial charge in [-0.05, 0) is 18.2 Å². The van der Waals surface area contributed by atoms with Crippen LogP contribution in [0.25, 0.3) is 0 Å². The number of methoxy groups -OCH3 is 1. The lowest BCUT2D eigenvalue weighted by Crippen LogP contribution is -2.30. The predicted octanol–water partition coefficient (Wildman–Crippen LogP) is 0.634. The summed E-state index contributed by atoms with van der Waals surface area (Å²) in [5.74, 6) is -0.626. The van der Waals surface area contributed by atoms with Gasteiger partial charge in [-0.1, -0.05) is 0 Å². The molecule has 7 heteroatoms. The van der Waals surface area contributed by atoms with Gasteiger partial charge in [0.05, 0.1) is 18.6 Å². The number of hydrogen-bond donors (Lipinski definition) is 2. The van der Waals surface area contributed by atoms with Crippen molar-refractivity contribution in [3.8, 4) is 0 Å². The number of hydrogen-bond acceptors (Lipinski definition) is 5. The van der Waals surface area contributed by atoms with Crippen LogP contribution in [0, 0.1) is 0 Å². The summed E-state index contributed by atoms with van der Waals surface area (Å²) in [7, 11) is 1.25. The van der Waals surface area contributed by atoms with Gasteiger partial charge >= 0.3 is 5.97 Å². The van der Waals surface area contributed by atoms with Crippen LogP contribution >= 0.6 is 11.8 Å². The Morgan fingerprint density at radius 3 is 3.00 bits per heavy atom. The monoisotopic (exact) mass is 280 g/mol. The molecule has 0 saturated heterocycles. The third kappa shape index (κ3) is 3.25. The molecule has 0 fully saturated rings. The number of rotatable bonds is 3. The molecule has 2 rings (SSSR count). The maximum atomic E-state index is 11.8. The Bertz CT molecular complexity index is 545. The zero-order valence-electron chi connectivity index (χ0n) is 10.2. The zero-order valence-corrected chi connectivity index (χ0v) is 11.0. The fourth-order valence-corrected chi connectivity index (χ4v) is 2.34. The molecule has 0 radical (unpaired) electrons. The summed E-state index contributed by atoms with van der Waals surface area (Å²) in [6.07, 6.45) is 0. The Morgan fingerprint density at radius 2 is 2.26 bits per heavy atom. The lowest BCUT2D eigenvalue weighted by atomic mass is 10.2. The standard InChI is InChI=1S/C12H12N2O4S/c1-18-11(16)5-13-12(17)7-2-3-9-8(4-7)14-10(15)6-19-9/h2-4H,5-6H2,1H3,(H,13,17)(H,14,15). The topological polar surface area (TPSA) is 84.5 Å². The number of amides is 2. The second-order valence-corrected chi connectivity index (χ2v) is 4.82. The summed E-state index contributed by atoms with van der Waals surface area (Å²) in [4.78, 5) is 34.9. The van der Waals surface area contributed by atoms with Crippen molar-refractivity contribution in [2.75, 3.05) is 24.7 Å². The van der Waals surface area contributed by atoms with E-state index in [0.717, 1.165) is 4.90 Å². The van der Waals surface area contributed by atoms with Gasteiger partial charge in [0.1, 0.15) is 6.54 Å². The molecular formula is C12H12N2O4S. The number of benzene rings is 1. The summed E-state index contributed by atoms with van der Waals surface area (Å²) in [6.45, 7) is -0.187. The molecule has 0 aliphatic carbocycles. The Hall–Kier alpha value is -2.02.